The van der Waals surface area contributed by atoms with Crippen molar-refractivity contribution >= 4 is 47.5 Å². The lowest BCUT2D eigenvalue weighted by Gasteiger charge is -2.48. The minimum atomic E-state index is -0.413. The average molecular weight is 417 g/mol. The van der Waals surface area contributed by atoms with Crippen LogP contribution in [0.1, 0.15) is 5.56 Å². The minimum Gasteiger partial charge on any atom is -0.384 e. The number of thiol groups is 1. The summed E-state index contributed by atoms with van der Waals surface area (Å²) in [6, 6.07) is 5.27. The number of likely N-dealkylation sites (N-methyl/N-ethyl adjacent to an activating group) is 1. The third-order valence-corrected chi connectivity index (χ3v) is 5.96. The van der Waals surface area contributed by atoms with Crippen molar-refractivity contribution in [2.75, 3.05) is 33.2 Å². The van der Waals surface area contributed by atoms with Gasteiger partial charge in [-0.3, -0.25) is 14.0 Å². The van der Waals surface area contributed by atoms with Gasteiger partial charge in [-0.05, 0) is 6.07 Å². The van der Waals surface area contributed by atoms with Crippen molar-refractivity contribution in [3.8, 4) is 0 Å². The first-order valence-electron chi connectivity index (χ1n) is 8.23. The number of nitrogens with two attached hydrogens (primary N) is 2. The van der Waals surface area contributed by atoms with Gasteiger partial charge in [-0.1, -0.05) is 48.1 Å². The highest BCUT2D eigenvalue weighted by Gasteiger charge is 2.41. The van der Waals surface area contributed by atoms with Gasteiger partial charge in [0.15, 0.2) is 6.29 Å². The van der Waals surface area contributed by atoms with Crippen LogP contribution < -0.4 is 16.8 Å². The highest BCUT2D eigenvalue weighted by atomic mass is 35.5. The number of carbonyl (C=O) groups is 1. The molecule has 0 aromatic heterocycles. The summed E-state index contributed by atoms with van der Waals surface area (Å²) in [5.74, 6) is 0.0122. The van der Waals surface area contributed by atoms with E-state index in [1.54, 1.807) is 34.5 Å². The van der Waals surface area contributed by atoms with Gasteiger partial charge in [0.05, 0.1) is 15.6 Å². The van der Waals surface area contributed by atoms with Gasteiger partial charge in [-0.2, -0.15) is 0 Å². The first-order valence-corrected chi connectivity index (χ1v) is 9.39. The Hall–Kier alpha value is -1.16. The second kappa shape index (κ2) is 7.84. The predicted octanol–water partition coefficient (Wildman–Crippen LogP) is 0.756. The first kappa shape index (κ1) is 19.6. The van der Waals surface area contributed by atoms with E-state index in [-0.39, 0.29) is 23.3 Å². The monoisotopic (exact) mass is 416 g/mol. The predicted molar refractivity (Wildman–Crippen MR) is 107 cm³/mol. The lowest BCUT2D eigenvalue weighted by Crippen LogP contribution is -2.65. The van der Waals surface area contributed by atoms with Crippen molar-refractivity contribution < 1.29 is 4.79 Å². The van der Waals surface area contributed by atoms with Crippen LogP contribution in [0.5, 0.6) is 0 Å². The van der Waals surface area contributed by atoms with E-state index in [2.05, 4.69) is 23.0 Å². The fraction of sp³-hybridized carbons (Fsp3) is 0.438. The van der Waals surface area contributed by atoms with Crippen LogP contribution >= 0.6 is 36.0 Å². The maximum Gasteiger partial charge on any atom is 0.260 e. The van der Waals surface area contributed by atoms with Gasteiger partial charge in [-0.15, -0.1) is 0 Å². The first-order chi connectivity index (χ1) is 12.4. The molecule has 1 unspecified atom stereocenters. The molecule has 1 aromatic carbocycles. The Morgan fingerprint density at radius 1 is 1.38 bits per heavy atom. The topological polar surface area (TPSA) is 90.9 Å². The summed E-state index contributed by atoms with van der Waals surface area (Å²) < 4.78 is 1.59. The number of hydrogen-bond donors (Lipinski definition) is 4. The normalized spacial score (nSPS) is 25.2. The zero-order chi connectivity index (χ0) is 19.0. The van der Waals surface area contributed by atoms with Crippen molar-refractivity contribution in [1.82, 2.24) is 19.4 Å². The summed E-state index contributed by atoms with van der Waals surface area (Å²) in [5, 5.41) is 4.00. The van der Waals surface area contributed by atoms with E-state index >= 15 is 0 Å². The highest BCUT2D eigenvalue weighted by molar-refractivity contribution is 7.77. The van der Waals surface area contributed by atoms with Crippen LogP contribution in [-0.4, -0.2) is 65.6 Å². The Labute approximate surface area is 168 Å². The molecule has 0 saturated carbocycles. The van der Waals surface area contributed by atoms with Gasteiger partial charge < -0.3 is 21.7 Å². The molecule has 5 N–H and O–H groups in total. The second-order valence-electron chi connectivity index (χ2n) is 6.35. The number of hydrogen-bond acceptors (Lipinski definition) is 7. The average Bonchev–Trinajstić information content (AvgIpc) is 2.64. The lowest BCUT2D eigenvalue weighted by molar-refractivity contribution is -0.136. The van der Waals surface area contributed by atoms with Crippen LogP contribution in [0, 0.1) is 0 Å². The van der Waals surface area contributed by atoms with Gasteiger partial charge in [0, 0.05) is 44.8 Å². The van der Waals surface area contributed by atoms with Crippen LogP contribution in [0.4, 0.5) is 0 Å². The zero-order valence-electron chi connectivity index (χ0n) is 14.3. The molecule has 0 radical (unpaired) electrons. The fourth-order valence-electron chi connectivity index (χ4n) is 3.36. The van der Waals surface area contributed by atoms with Crippen LogP contribution in [0.2, 0.25) is 10.0 Å². The Morgan fingerprint density at radius 3 is 2.81 bits per heavy atom. The van der Waals surface area contributed by atoms with Crippen LogP contribution in [-0.2, 0) is 4.79 Å². The van der Waals surface area contributed by atoms with Gasteiger partial charge in [0.1, 0.15) is 5.82 Å². The molecule has 1 fully saturated rings. The summed E-state index contributed by atoms with van der Waals surface area (Å²) in [5.41, 5.74) is 12.9. The molecule has 7 nitrogen and oxygen atoms in total. The molecule has 1 saturated heterocycles. The molecule has 1 amide bonds. The number of amides is 1. The number of halogens is 2. The van der Waals surface area contributed by atoms with Gasteiger partial charge >= 0.3 is 0 Å². The SMILES string of the molecule is CN1C(=O)C(c2cccc(Cl)c2Cl)=C(N)N(S)C1N1CCN[C@@H](CN)C1. The second-order valence-corrected chi connectivity index (χ2v) is 7.57. The van der Waals surface area contributed by atoms with Crippen LogP contribution in [0.15, 0.2) is 24.0 Å². The molecule has 2 heterocycles. The van der Waals surface area contributed by atoms with E-state index in [4.69, 9.17) is 34.7 Å². The molecule has 1 aromatic rings. The van der Waals surface area contributed by atoms with E-state index in [9.17, 15) is 4.79 Å². The van der Waals surface area contributed by atoms with Gasteiger partial charge in [0.25, 0.3) is 5.91 Å². The Morgan fingerprint density at radius 2 is 2.12 bits per heavy atom. The molecule has 2 aliphatic heterocycles. The number of nitrogens with zero attached hydrogens (tertiary/aromatic N) is 3. The number of benzene rings is 1. The van der Waals surface area contributed by atoms with E-state index in [1.165, 1.54) is 0 Å². The Balaban J connectivity index is 1.99. The summed E-state index contributed by atoms with van der Waals surface area (Å²) in [6.45, 7) is 2.73. The quantitative estimate of drug-likeness (QED) is 0.543. The molecule has 2 atom stereocenters. The van der Waals surface area contributed by atoms with Crippen LogP contribution in [0.3, 0.4) is 0 Å². The lowest BCUT2D eigenvalue weighted by atomic mass is 10.0. The smallest absolute Gasteiger partial charge is 0.260 e. The van der Waals surface area contributed by atoms with Crippen molar-refractivity contribution in [2.45, 2.75) is 12.3 Å². The van der Waals surface area contributed by atoms with Crippen molar-refractivity contribution in [2.24, 2.45) is 11.5 Å². The van der Waals surface area contributed by atoms with Crippen molar-refractivity contribution in [1.29, 1.82) is 0 Å². The van der Waals surface area contributed by atoms with E-state index < -0.39 is 6.29 Å². The third kappa shape index (κ3) is 3.37. The molecule has 3 rings (SSSR count). The maximum atomic E-state index is 13.1. The maximum absolute atomic E-state index is 13.1. The molecule has 0 spiro atoms. The van der Waals surface area contributed by atoms with Crippen molar-refractivity contribution in [3.05, 3.63) is 39.6 Å². The third-order valence-electron chi connectivity index (χ3n) is 4.72. The van der Waals surface area contributed by atoms with E-state index in [0.717, 1.165) is 13.1 Å². The van der Waals surface area contributed by atoms with Gasteiger partial charge in [0.2, 0.25) is 0 Å². The molecular formula is C16H22Cl2N6OS. The number of rotatable bonds is 3. The number of carbonyl (C=O) groups excluding carboxylic acids is 1. The van der Waals surface area contributed by atoms with Crippen LogP contribution in [0.25, 0.3) is 5.57 Å². The minimum absolute atomic E-state index is 0.156. The van der Waals surface area contributed by atoms with Crippen molar-refractivity contribution in [3.63, 3.8) is 0 Å². The molecule has 10 heteroatoms. The standard InChI is InChI=1S/C16H22Cl2N6OS/c1-22-15(25)12(10-3-2-4-11(17)13(10)18)14(20)24(26)16(22)23-6-5-21-9(7-19)8-23/h2-4,9,16,21,26H,5-8,19-20H2,1H3/t9-,16?/m0/s1. The fourth-order valence-corrected chi connectivity index (χ4v) is 4.16. The molecule has 2 aliphatic rings. The molecule has 0 bridgehead atoms. The molecule has 0 aliphatic carbocycles. The molecule has 142 valence electrons. The number of piperazine rings is 1. The van der Waals surface area contributed by atoms with Gasteiger partial charge in [-0.25, -0.2) is 0 Å². The highest BCUT2D eigenvalue weighted by Crippen LogP contribution is 2.37. The zero-order valence-corrected chi connectivity index (χ0v) is 16.7. The number of nitrogens with one attached hydrogen (secondary N) is 1. The van der Waals surface area contributed by atoms with E-state index in [1.807, 2.05) is 0 Å². The summed E-state index contributed by atoms with van der Waals surface area (Å²) in [4.78, 5) is 16.8. The van der Waals surface area contributed by atoms with E-state index in [0.29, 0.717) is 28.7 Å². The Bertz CT molecular complexity index is 745. The Kier molecular flexibility index (Phi) is 5.91. The molecular weight excluding hydrogens is 395 g/mol. The summed E-state index contributed by atoms with van der Waals surface area (Å²) >= 11 is 17.0. The summed E-state index contributed by atoms with van der Waals surface area (Å²) in [7, 11) is 1.72. The largest absolute Gasteiger partial charge is 0.384 e. The molecule has 26 heavy (non-hydrogen) atoms. The summed E-state index contributed by atoms with van der Waals surface area (Å²) in [6.07, 6.45) is -0.413.